The molecule has 1 saturated heterocycles. The number of hydrogen-bond donors (Lipinski definition) is 2. The van der Waals surface area contributed by atoms with Gasteiger partial charge in [-0.1, -0.05) is 13.3 Å². The monoisotopic (exact) mass is 337 g/mol. The van der Waals surface area contributed by atoms with Crippen molar-refractivity contribution in [2.75, 3.05) is 26.2 Å². The Kier molecular flexibility index (Phi) is 7.30. The van der Waals surface area contributed by atoms with Crippen LogP contribution >= 0.6 is 11.3 Å². The number of nitrogens with one attached hydrogen (secondary N) is 2. The van der Waals surface area contributed by atoms with Crippen LogP contribution in [0.1, 0.15) is 48.7 Å². The lowest BCUT2D eigenvalue weighted by Crippen LogP contribution is -2.49. The quantitative estimate of drug-likeness (QED) is 0.619. The predicted molar refractivity (Wildman–Crippen MR) is 99.3 cm³/mol. The number of piperidine rings is 1. The molecule has 0 bridgehead atoms. The van der Waals surface area contributed by atoms with E-state index in [1.165, 1.54) is 30.7 Å². The number of nitrogens with zero attached hydrogens (tertiary/aromatic N) is 3. The highest BCUT2D eigenvalue weighted by Gasteiger charge is 2.20. The average molecular weight is 338 g/mol. The van der Waals surface area contributed by atoms with Crippen LogP contribution < -0.4 is 10.6 Å². The molecule has 1 aromatic rings. The van der Waals surface area contributed by atoms with Gasteiger partial charge in [0.1, 0.15) is 0 Å². The van der Waals surface area contributed by atoms with Gasteiger partial charge >= 0.3 is 0 Å². The molecule has 6 heteroatoms. The van der Waals surface area contributed by atoms with Gasteiger partial charge in [0.15, 0.2) is 5.96 Å². The van der Waals surface area contributed by atoms with E-state index in [0.717, 1.165) is 36.3 Å². The second-order valence-electron chi connectivity index (χ2n) is 6.10. The highest BCUT2D eigenvalue weighted by molar-refractivity contribution is 7.11. The van der Waals surface area contributed by atoms with Gasteiger partial charge in [-0.2, -0.15) is 0 Å². The Morgan fingerprint density at radius 1 is 1.30 bits per heavy atom. The van der Waals surface area contributed by atoms with Crippen molar-refractivity contribution >= 4 is 17.3 Å². The first-order valence-electron chi connectivity index (χ1n) is 8.83. The topological polar surface area (TPSA) is 52.6 Å². The summed E-state index contributed by atoms with van der Waals surface area (Å²) in [5, 5.41) is 8.01. The molecule has 2 rings (SSSR count). The van der Waals surface area contributed by atoms with Crippen molar-refractivity contribution in [3.05, 3.63) is 15.6 Å². The second-order valence-corrected chi connectivity index (χ2v) is 7.38. The van der Waals surface area contributed by atoms with Crippen LogP contribution in [0.2, 0.25) is 0 Å². The lowest BCUT2D eigenvalue weighted by molar-refractivity contribution is 0.157. The molecule has 0 aromatic carbocycles. The summed E-state index contributed by atoms with van der Waals surface area (Å²) < 4.78 is 0. The number of guanidine groups is 1. The zero-order valence-corrected chi connectivity index (χ0v) is 15.8. The lowest BCUT2D eigenvalue weighted by Gasteiger charge is -2.35. The van der Waals surface area contributed by atoms with Gasteiger partial charge in [0.25, 0.3) is 0 Å². The SMILES string of the molecule is CCNC(=NCc1sc(C)nc1C)NCC1CCCCN1CC. The van der Waals surface area contributed by atoms with Crippen molar-refractivity contribution in [3.63, 3.8) is 0 Å². The molecular formula is C17H31N5S. The second kappa shape index (κ2) is 9.23. The molecular weight excluding hydrogens is 306 g/mol. The summed E-state index contributed by atoms with van der Waals surface area (Å²) >= 11 is 1.74. The summed E-state index contributed by atoms with van der Waals surface area (Å²) in [6, 6.07) is 0.630. The van der Waals surface area contributed by atoms with Gasteiger partial charge in [-0.15, -0.1) is 11.3 Å². The minimum absolute atomic E-state index is 0.630. The number of likely N-dealkylation sites (N-methyl/N-ethyl adjacent to an activating group) is 1. The zero-order valence-electron chi connectivity index (χ0n) is 15.0. The summed E-state index contributed by atoms with van der Waals surface area (Å²) in [6.45, 7) is 13.4. The van der Waals surface area contributed by atoms with Crippen LogP contribution in [-0.2, 0) is 6.54 Å². The molecule has 1 atom stereocenters. The fourth-order valence-corrected chi connectivity index (χ4v) is 4.00. The van der Waals surface area contributed by atoms with E-state index >= 15 is 0 Å². The average Bonchev–Trinajstić information content (AvgIpc) is 2.88. The molecule has 0 amide bonds. The van der Waals surface area contributed by atoms with E-state index in [1.807, 2.05) is 0 Å². The van der Waals surface area contributed by atoms with Gasteiger partial charge in [-0.25, -0.2) is 9.98 Å². The van der Waals surface area contributed by atoms with Crippen LogP contribution in [0.25, 0.3) is 0 Å². The van der Waals surface area contributed by atoms with E-state index in [0.29, 0.717) is 12.6 Å². The largest absolute Gasteiger partial charge is 0.357 e. The Morgan fingerprint density at radius 3 is 2.78 bits per heavy atom. The molecule has 2 heterocycles. The lowest BCUT2D eigenvalue weighted by atomic mass is 10.0. The first kappa shape index (κ1) is 18.2. The third-order valence-corrected chi connectivity index (χ3v) is 5.44. The number of aliphatic imine (C=N–C) groups is 1. The van der Waals surface area contributed by atoms with Gasteiger partial charge < -0.3 is 10.6 Å². The molecule has 1 unspecified atom stereocenters. The number of hydrogen-bond acceptors (Lipinski definition) is 4. The van der Waals surface area contributed by atoms with Crippen LogP contribution in [-0.4, -0.2) is 48.1 Å². The van der Waals surface area contributed by atoms with Crippen molar-refractivity contribution in [1.82, 2.24) is 20.5 Å². The number of rotatable bonds is 6. The maximum Gasteiger partial charge on any atom is 0.191 e. The van der Waals surface area contributed by atoms with Gasteiger partial charge in [0, 0.05) is 24.0 Å². The van der Waals surface area contributed by atoms with Crippen LogP contribution in [0.3, 0.4) is 0 Å². The predicted octanol–water partition coefficient (Wildman–Crippen LogP) is 2.69. The fourth-order valence-electron chi connectivity index (χ4n) is 3.13. The van der Waals surface area contributed by atoms with Crippen LogP contribution in [0.15, 0.2) is 4.99 Å². The number of likely N-dealkylation sites (tertiary alicyclic amines) is 1. The summed E-state index contributed by atoms with van der Waals surface area (Å²) in [7, 11) is 0. The molecule has 1 aliphatic heterocycles. The summed E-state index contributed by atoms with van der Waals surface area (Å²) in [5.41, 5.74) is 1.11. The van der Waals surface area contributed by atoms with Crippen molar-refractivity contribution in [2.45, 2.75) is 59.5 Å². The van der Waals surface area contributed by atoms with E-state index < -0.39 is 0 Å². The van der Waals surface area contributed by atoms with E-state index in [9.17, 15) is 0 Å². The van der Waals surface area contributed by atoms with Gasteiger partial charge in [-0.3, -0.25) is 4.90 Å². The number of aromatic nitrogens is 1. The molecule has 5 nitrogen and oxygen atoms in total. The van der Waals surface area contributed by atoms with Crippen molar-refractivity contribution in [2.24, 2.45) is 4.99 Å². The highest BCUT2D eigenvalue weighted by atomic mass is 32.1. The zero-order chi connectivity index (χ0) is 16.7. The molecule has 1 fully saturated rings. The Morgan fingerprint density at radius 2 is 2.13 bits per heavy atom. The smallest absolute Gasteiger partial charge is 0.191 e. The van der Waals surface area contributed by atoms with Crippen LogP contribution in [0.4, 0.5) is 0 Å². The molecule has 0 radical (unpaired) electrons. The molecule has 1 aromatic heterocycles. The minimum Gasteiger partial charge on any atom is -0.357 e. The van der Waals surface area contributed by atoms with Crippen LogP contribution in [0.5, 0.6) is 0 Å². The third-order valence-electron chi connectivity index (χ3n) is 4.38. The van der Waals surface area contributed by atoms with E-state index in [-0.39, 0.29) is 0 Å². The van der Waals surface area contributed by atoms with Gasteiger partial charge in [-0.05, 0) is 46.7 Å². The maximum atomic E-state index is 4.74. The Labute approximate surface area is 144 Å². The molecule has 0 spiro atoms. The normalized spacial score (nSPS) is 19.8. The summed E-state index contributed by atoms with van der Waals surface area (Å²) in [6.07, 6.45) is 3.96. The number of thiazole rings is 1. The summed E-state index contributed by atoms with van der Waals surface area (Å²) in [4.78, 5) is 13.1. The number of aryl methyl sites for hydroxylation is 2. The van der Waals surface area contributed by atoms with Gasteiger partial charge in [0.2, 0.25) is 0 Å². The van der Waals surface area contributed by atoms with E-state index in [2.05, 4.69) is 48.2 Å². The molecule has 23 heavy (non-hydrogen) atoms. The molecule has 130 valence electrons. The van der Waals surface area contributed by atoms with Crippen molar-refractivity contribution in [1.29, 1.82) is 0 Å². The third kappa shape index (κ3) is 5.46. The van der Waals surface area contributed by atoms with E-state index in [4.69, 9.17) is 4.99 Å². The Hall–Kier alpha value is -1.14. The standard InChI is InChI=1S/C17H31N5S/c1-5-18-17(20-12-16-13(3)21-14(4)23-16)19-11-15-9-7-8-10-22(15)6-2/h15H,5-12H2,1-4H3,(H2,18,19,20). The first-order chi connectivity index (χ1) is 11.1. The van der Waals surface area contributed by atoms with Crippen molar-refractivity contribution < 1.29 is 0 Å². The Balaban J connectivity index is 1.92. The van der Waals surface area contributed by atoms with Gasteiger partial charge in [0.05, 0.1) is 17.2 Å². The van der Waals surface area contributed by atoms with E-state index in [1.54, 1.807) is 11.3 Å². The van der Waals surface area contributed by atoms with Crippen LogP contribution in [0, 0.1) is 13.8 Å². The summed E-state index contributed by atoms with van der Waals surface area (Å²) in [5.74, 6) is 0.916. The Bertz CT molecular complexity index is 511. The molecule has 0 aliphatic carbocycles. The van der Waals surface area contributed by atoms with Crippen molar-refractivity contribution in [3.8, 4) is 0 Å². The maximum absolute atomic E-state index is 4.74. The molecule has 0 saturated carbocycles. The molecule has 1 aliphatic rings. The highest BCUT2D eigenvalue weighted by Crippen LogP contribution is 2.18. The molecule has 2 N–H and O–H groups in total. The minimum atomic E-state index is 0.630. The first-order valence-corrected chi connectivity index (χ1v) is 9.64. The fraction of sp³-hybridized carbons (Fsp3) is 0.765.